The number of carbonyl (C=O) groups excluding carboxylic acids is 1. The van der Waals surface area contributed by atoms with Crippen LogP contribution in [0.2, 0.25) is 0 Å². The average Bonchev–Trinajstić information content (AvgIpc) is 3.18. The third-order valence-corrected chi connectivity index (χ3v) is 6.43. The topological polar surface area (TPSA) is 88.3 Å². The molecule has 9 nitrogen and oxygen atoms in total. The molecule has 0 radical (unpaired) electrons. The van der Waals surface area contributed by atoms with E-state index in [0.29, 0.717) is 23.1 Å². The van der Waals surface area contributed by atoms with E-state index in [1.54, 1.807) is 11.6 Å². The summed E-state index contributed by atoms with van der Waals surface area (Å²) in [4.78, 5) is 30.9. The van der Waals surface area contributed by atoms with Crippen molar-refractivity contribution in [3.8, 4) is 5.69 Å². The van der Waals surface area contributed by atoms with E-state index in [-0.39, 0.29) is 11.5 Å². The number of aryl methyl sites for hydroxylation is 2. The molecular formula is C24H33N7O2. The van der Waals surface area contributed by atoms with Crippen LogP contribution in [0.25, 0.3) is 16.6 Å². The number of rotatable bonds is 7. The number of likely N-dealkylation sites (N-methyl/N-ethyl adjacent to an activating group) is 1. The van der Waals surface area contributed by atoms with Gasteiger partial charge >= 0.3 is 0 Å². The molecule has 1 aliphatic rings. The van der Waals surface area contributed by atoms with Gasteiger partial charge in [0.15, 0.2) is 0 Å². The van der Waals surface area contributed by atoms with Crippen LogP contribution in [0.3, 0.4) is 0 Å². The summed E-state index contributed by atoms with van der Waals surface area (Å²) in [7, 11) is 2.14. The van der Waals surface area contributed by atoms with Crippen LogP contribution < -0.4 is 10.9 Å². The van der Waals surface area contributed by atoms with E-state index in [2.05, 4.69) is 32.4 Å². The summed E-state index contributed by atoms with van der Waals surface area (Å²) in [5.41, 5.74) is 2.51. The zero-order valence-electron chi connectivity index (χ0n) is 19.9. The van der Waals surface area contributed by atoms with Gasteiger partial charge in [0, 0.05) is 32.7 Å². The highest BCUT2D eigenvalue weighted by atomic mass is 16.2. The zero-order valence-corrected chi connectivity index (χ0v) is 19.9. The molecule has 0 spiro atoms. The van der Waals surface area contributed by atoms with Gasteiger partial charge in [0.25, 0.3) is 5.56 Å². The summed E-state index contributed by atoms with van der Waals surface area (Å²) in [6.45, 7) is 11.2. The van der Waals surface area contributed by atoms with Gasteiger partial charge in [-0.2, -0.15) is 10.2 Å². The maximum atomic E-state index is 13.3. The number of hydrogen-bond acceptors (Lipinski definition) is 6. The lowest BCUT2D eigenvalue weighted by molar-refractivity contribution is -0.124. The second kappa shape index (κ2) is 9.84. The fraction of sp³-hybridized carbons (Fsp3) is 0.500. The highest BCUT2D eigenvalue weighted by Crippen LogP contribution is 2.20. The Morgan fingerprint density at radius 3 is 2.48 bits per heavy atom. The molecule has 1 saturated heterocycles. The third kappa shape index (κ3) is 4.84. The molecule has 2 aromatic heterocycles. The molecule has 176 valence electrons. The lowest BCUT2D eigenvalue weighted by Crippen LogP contribution is -2.45. The minimum Gasteiger partial charge on any atom is -0.354 e. The normalized spacial score (nSPS) is 16.2. The molecule has 3 heterocycles. The summed E-state index contributed by atoms with van der Waals surface area (Å²) in [5, 5.41) is 12.5. The first kappa shape index (κ1) is 23.1. The zero-order chi connectivity index (χ0) is 23.5. The number of para-hydroxylation sites is 1. The van der Waals surface area contributed by atoms with Gasteiger partial charge in [-0.25, -0.2) is 9.36 Å². The highest BCUT2D eigenvalue weighted by molar-refractivity contribution is 5.84. The largest absolute Gasteiger partial charge is 0.354 e. The molecule has 1 fully saturated rings. The van der Waals surface area contributed by atoms with Crippen LogP contribution in [-0.4, -0.2) is 81.6 Å². The number of carbonyl (C=O) groups is 1. The molecular weight excluding hydrogens is 418 g/mol. The summed E-state index contributed by atoms with van der Waals surface area (Å²) in [5.74, 6) is -0.199. The fourth-order valence-electron chi connectivity index (χ4n) is 4.31. The molecule has 3 aromatic rings. The van der Waals surface area contributed by atoms with Crippen molar-refractivity contribution < 1.29 is 4.79 Å². The maximum Gasteiger partial charge on any atom is 0.278 e. The summed E-state index contributed by atoms with van der Waals surface area (Å²) >= 11 is 0. The number of hydrogen-bond donors (Lipinski definition) is 1. The van der Waals surface area contributed by atoms with Crippen molar-refractivity contribution in [1.82, 2.24) is 34.7 Å². The number of nitrogens with zero attached hydrogens (tertiary/aromatic N) is 6. The van der Waals surface area contributed by atoms with E-state index in [1.807, 2.05) is 44.2 Å². The van der Waals surface area contributed by atoms with Crippen molar-refractivity contribution >= 4 is 16.8 Å². The molecule has 1 aliphatic heterocycles. The van der Waals surface area contributed by atoms with Gasteiger partial charge in [-0.1, -0.05) is 18.2 Å². The number of fused-ring (bicyclic) bond motifs is 1. The van der Waals surface area contributed by atoms with E-state index >= 15 is 0 Å². The van der Waals surface area contributed by atoms with Crippen LogP contribution in [-0.2, 0) is 4.79 Å². The number of aromatic nitrogens is 4. The van der Waals surface area contributed by atoms with Crippen molar-refractivity contribution in [1.29, 1.82) is 0 Å². The standard InChI is InChI=1S/C24H33N7O2/c1-17-22-21(18(2)30(27-22)20-9-6-5-7-10-20)24(33)31(26-17)19(3)23(32)25-11-8-12-29-15-13-28(4)14-16-29/h5-7,9-10,19H,8,11-16H2,1-4H3,(H,25,32)/t19-/m0/s1. The van der Waals surface area contributed by atoms with Gasteiger partial charge in [0.1, 0.15) is 11.6 Å². The van der Waals surface area contributed by atoms with E-state index in [1.165, 1.54) is 4.68 Å². The Labute approximate surface area is 194 Å². The molecule has 1 atom stereocenters. The Hall–Kier alpha value is -3.04. The van der Waals surface area contributed by atoms with E-state index < -0.39 is 6.04 Å². The molecule has 33 heavy (non-hydrogen) atoms. The molecule has 1 amide bonds. The predicted octanol–water partition coefficient (Wildman–Crippen LogP) is 1.51. The Bertz CT molecular complexity index is 1180. The summed E-state index contributed by atoms with van der Waals surface area (Å²) < 4.78 is 3.05. The molecule has 0 saturated carbocycles. The summed E-state index contributed by atoms with van der Waals surface area (Å²) in [6.07, 6.45) is 0.880. The van der Waals surface area contributed by atoms with Crippen molar-refractivity contribution in [2.24, 2.45) is 0 Å². The van der Waals surface area contributed by atoms with Crippen molar-refractivity contribution in [2.45, 2.75) is 33.2 Å². The smallest absolute Gasteiger partial charge is 0.278 e. The van der Waals surface area contributed by atoms with Gasteiger partial charge in [0.2, 0.25) is 5.91 Å². The third-order valence-electron chi connectivity index (χ3n) is 6.43. The second-order valence-electron chi connectivity index (χ2n) is 8.86. The van der Waals surface area contributed by atoms with Crippen LogP contribution in [0.1, 0.15) is 30.8 Å². The second-order valence-corrected chi connectivity index (χ2v) is 8.86. The lowest BCUT2D eigenvalue weighted by atomic mass is 10.2. The monoisotopic (exact) mass is 451 g/mol. The minimum absolute atomic E-state index is 0.199. The molecule has 4 rings (SSSR count). The molecule has 1 N–H and O–H groups in total. The highest BCUT2D eigenvalue weighted by Gasteiger charge is 2.23. The number of benzene rings is 1. The van der Waals surface area contributed by atoms with Crippen LogP contribution in [0.5, 0.6) is 0 Å². The van der Waals surface area contributed by atoms with E-state index in [4.69, 9.17) is 0 Å². The van der Waals surface area contributed by atoms with Crippen LogP contribution >= 0.6 is 0 Å². The lowest BCUT2D eigenvalue weighted by Gasteiger charge is -2.32. The van der Waals surface area contributed by atoms with E-state index in [0.717, 1.165) is 50.5 Å². The Morgan fingerprint density at radius 2 is 1.79 bits per heavy atom. The van der Waals surface area contributed by atoms with Crippen molar-refractivity contribution in [3.63, 3.8) is 0 Å². The first-order valence-corrected chi connectivity index (χ1v) is 11.6. The van der Waals surface area contributed by atoms with Crippen LogP contribution in [0.15, 0.2) is 35.1 Å². The van der Waals surface area contributed by atoms with E-state index in [9.17, 15) is 9.59 Å². The maximum absolute atomic E-state index is 13.3. The van der Waals surface area contributed by atoms with Gasteiger partial charge in [0.05, 0.1) is 22.5 Å². The minimum atomic E-state index is -0.705. The number of piperazine rings is 1. The first-order valence-electron chi connectivity index (χ1n) is 11.6. The molecule has 0 unspecified atom stereocenters. The van der Waals surface area contributed by atoms with Gasteiger partial charge in [-0.15, -0.1) is 0 Å². The van der Waals surface area contributed by atoms with Gasteiger partial charge < -0.3 is 15.1 Å². The average molecular weight is 452 g/mol. The van der Waals surface area contributed by atoms with Gasteiger partial charge in [-0.05, 0) is 52.9 Å². The molecule has 9 heteroatoms. The fourth-order valence-corrected chi connectivity index (χ4v) is 4.31. The van der Waals surface area contributed by atoms with Crippen LogP contribution in [0.4, 0.5) is 0 Å². The predicted molar refractivity (Wildman–Crippen MR) is 129 cm³/mol. The Balaban J connectivity index is 1.47. The van der Waals surface area contributed by atoms with Crippen molar-refractivity contribution in [2.75, 3.05) is 46.3 Å². The summed E-state index contributed by atoms with van der Waals surface area (Å²) in [6, 6.07) is 8.98. The quantitative estimate of drug-likeness (QED) is 0.548. The van der Waals surface area contributed by atoms with Crippen molar-refractivity contribution in [3.05, 3.63) is 52.1 Å². The number of nitrogens with one attached hydrogen (secondary N) is 1. The molecule has 0 aliphatic carbocycles. The first-order chi connectivity index (χ1) is 15.9. The van der Waals surface area contributed by atoms with Gasteiger partial charge in [-0.3, -0.25) is 9.59 Å². The molecule has 0 bridgehead atoms. The number of amides is 1. The SMILES string of the molecule is Cc1nn([C@@H](C)C(=O)NCCCN2CCN(C)CC2)c(=O)c2c(C)n(-c3ccccc3)nc12. The van der Waals surface area contributed by atoms with Crippen LogP contribution in [0, 0.1) is 13.8 Å². The Kier molecular flexibility index (Phi) is 6.90. The molecule has 1 aromatic carbocycles. The Morgan fingerprint density at radius 1 is 1.09 bits per heavy atom.